The molecule has 4 nitrogen and oxygen atoms in total. The van der Waals surface area contributed by atoms with Crippen molar-refractivity contribution in [3.63, 3.8) is 0 Å². The van der Waals surface area contributed by atoms with Crippen LogP contribution < -0.4 is 4.74 Å². The van der Waals surface area contributed by atoms with Gasteiger partial charge in [0.25, 0.3) is 0 Å². The summed E-state index contributed by atoms with van der Waals surface area (Å²) in [6.45, 7) is 5.86. The van der Waals surface area contributed by atoms with E-state index in [1.54, 1.807) is 6.07 Å². The highest BCUT2D eigenvalue weighted by Gasteiger charge is 2.19. The smallest absolute Gasteiger partial charge is 0.138 e. The van der Waals surface area contributed by atoms with Gasteiger partial charge in [0.05, 0.1) is 5.02 Å². The highest BCUT2D eigenvalue weighted by atomic mass is 35.5. The SMILES string of the molecule is Cl.Cl.OC(COc1ccccc1Cl)CN1CCN(Cc2ccccc2)CC1. The number of rotatable bonds is 7. The molecule has 1 aliphatic rings. The minimum Gasteiger partial charge on any atom is -0.489 e. The van der Waals surface area contributed by atoms with Crippen molar-refractivity contribution in [2.24, 2.45) is 0 Å². The number of para-hydroxylation sites is 1. The number of nitrogens with zero attached hydrogens (tertiary/aromatic N) is 2. The Morgan fingerprint density at radius 2 is 1.48 bits per heavy atom. The first-order chi connectivity index (χ1) is 12.2. The first-order valence-corrected chi connectivity index (χ1v) is 9.12. The van der Waals surface area contributed by atoms with Crippen LogP contribution in [0.5, 0.6) is 5.75 Å². The molecule has 0 saturated carbocycles. The van der Waals surface area contributed by atoms with Gasteiger partial charge in [-0.25, -0.2) is 0 Å². The Balaban J connectivity index is 0.00000182. The number of ether oxygens (including phenoxy) is 1. The van der Waals surface area contributed by atoms with Crippen molar-refractivity contribution in [1.29, 1.82) is 0 Å². The van der Waals surface area contributed by atoms with Crippen LogP contribution in [0.25, 0.3) is 0 Å². The maximum Gasteiger partial charge on any atom is 0.138 e. The molecule has 1 aliphatic heterocycles. The van der Waals surface area contributed by atoms with Crippen molar-refractivity contribution in [3.8, 4) is 5.75 Å². The first-order valence-electron chi connectivity index (χ1n) is 8.75. The number of piperazine rings is 1. The van der Waals surface area contributed by atoms with Crippen LogP contribution in [0.1, 0.15) is 5.56 Å². The molecule has 1 saturated heterocycles. The third-order valence-corrected chi connectivity index (χ3v) is 4.76. The van der Waals surface area contributed by atoms with Gasteiger partial charge in [-0.3, -0.25) is 9.80 Å². The molecule has 2 aromatic rings. The Morgan fingerprint density at radius 1 is 0.889 bits per heavy atom. The second kappa shape index (κ2) is 12.4. The lowest BCUT2D eigenvalue weighted by molar-refractivity contribution is 0.0446. The predicted molar refractivity (Wildman–Crippen MR) is 116 cm³/mol. The molecule has 2 aromatic carbocycles. The molecule has 0 aromatic heterocycles. The van der Waals surface area contributed by atoms with Gasteiger partial charge in [-0.1, -0.05) is 54.1 Å². The van der Waals surface area contributed by atoms with E-state index in [1.165, 1.54) is 5.56 Å². The standard InChI is InChI=1S/C20H25ClN2O2.2ClH/c21-19-8-4-5-9-20(19)25-16-18(24)15-23-12-10-22(11-13-23)14-17-6-2-1-3-7-17;;/h1-9,18,24H,10-16H2;2*1H. The van der Waals surface area contributed by atoms with E-state index in [-0.39, 0.29) is 31.4 Å². The third-order valence-electron chi connectivity index (χ3n) is 4.45. The van der Waals surface area contributed by atoms with Crippen LogP contribution in [0.2, 0.25) is 5.02 Å². The van der Waals surface area contributed by atoms with E-state index in [4.69, 9.17) is 16.3 Å². The van der Waals surface area contributed by atoms with Crippen molar-refractivity contribution in [2.75, 3.05) is 39.3 Å². The zero-order valence-electron chi connectivity index (χ0n) is 15.2. The predicted octanol–water partition coefficient (Wildman–Crippen LogP) is 3.74. The van der Waals surface area contributed by atoms with Crippen molar-refractivity contribution < 1.29 is 9.84 Å². The van der Waals surface area contributed by atoms with Gasteiger partial charge >= 0.3 is 0 Å². The molecule has 7 heteroatoms. The fraction of sp³-hybridized carbons (Fsp3) is 0.400. The van der Waals surface area contributed by atoms with E-state index in [0.717, 1.165) is 32.7 Å². The molecule has 1 atom stereocenters. The summed E-state index contributed by atoms with van der Waals surface area (Å²) in [6, 6.07) is 17.9. The van der Waals surface area contributed by atoms with Gasteiger partial charge in [0, 0.05) is 39.3 Å². The van der Waals surface area contributed by atoms with Gasteiger partial charge in [0.2, 0.25) is 0 Å². The zero-order chi connectivity index (χ0) is 17.5. The summed E-state index contributed by atoms with van der Waals surface area (Å²) in [5.74, 6) is 0.621. The molecule has 1 N–H and O–H groups in total. The summed E-state index contributed by atoms with van der Waals surface area (Å²) in [5.41, 5.74) is 1.35. The second-order valence-corrected chi connectivity index (χ2v) is 6.86. The van der Waals surface area contributed by atoms with Gasteiger partial charge in [-0.2, -0.15) is 0 Å². The Kier molecular flexibility index (Phi) is 11.1. The number of benzene rings is 2. The van der Waals surface area contributed by atoms with Crippen LogP contribution in [-0.4, -0.2) is 60.3 Å². The van der Waals surface area contributed by atoms with Crippen molar-refractivity contribution >= 4 is 36.4 Å². The van der Waals surface area contributed by atoms with Gasteiger partial charge in [0.15, 0.2) is 0 Å². The lowest BCUT2D eigenvalue weighted by atomic mass is 10.2. The molecular formula is C20H27Cl3N2O2. The highest BCUT2D eigenvalue weighted by molar-refractivity contribution is 6.32. The van der Waals surface area contributed by atoms with Crippen LogP contribution in [0.15, 0.2) is 54.6 Å². The highest BCUT2D eigenvalue weighted by Crippen LogP contribution is 2.23. The maximum absolute atomic E-state index is 10.2. The lowest BCUT2D eigenvalue weighted by Gasteiger charge is -2.35. The number of halogens is 3. The largest absolute Gasteiger partial charge is 0.489 e. The summed E-state index contributed by atoms with van der Waals surface area (Å²) in [4.78, 5) is 4.75. The molecule has 0 bridgehead atoms. The van der Waals surface area contributed by atoms with Gasteiger partial charge in [-0.05, 0) is 17.7 Å². The van der Waals surface area contributed by atoms with Gasteiger partial charge < -0.3 is 9.84 Å². The van der Waals surface area contributed by atoms with Crippen LogP contribution in [0.4, 0.5) is 0 Å². The van der Waals surface area contributed by atoms with E-state index >= 15 is 0 Å². The molecular weight excluding hydrogens is 407 g/mol. The van der Waals surface area contributed by atoms with Crippen molar-refractivity contribution in [1.82, 2.24) is 9.80 Å². The maximum atomic E-state index is 10.2. The monoisotopic (exact) mass is 432 g/mol. The number of aliphatic hydroxyl groups excluding tert-OH is 1. The van der Waals surface area contributed by atoms with Crippen molar-refractivity contribution in [2.45, 2.75) is 12.6 Å². The third kappa shape index (κ3) is 7.86. The van der Waals surface area contributed by atoms with Gasteiger partial charge in [-0.15, -0.1) is 24.8 Å². The Morgan fingerprint density at radius 3 is 2.15 bits per heavy atom. The summed E-state index contributed by atoms with van der Waals surface area (Å²) >= 11 is 6.06. The molecule has 0 amide bonds. The quantitative estimate of drug-likeness (QED) is 0.721. The molecule has 150 valence electrons. The summed E-state index contributed by atoms with van der Waals surface area (Å²) in [7, 11) is 0. The average molecular weight is 434 g/mol. The average Bonchev–Trinajstić information content (AvgIpc) is 2.64. The lowest BCUT2D eigenvalue weighted by Crippen LogP contribution is -2.48. The minimum absolute atomic E-state index is 0. The minimum atomic E-state index is -0.517. The summed E-state index contributed by atoms with van der Waals surface area (Å²) in [6.07, 6.45) is -0.517. The Bertz CT molecular complexity index is 653. The fourth-order valence-electron chi connectivity index (χ4n) is 3.07. The molecule has 1 fully saturated rings. The normalized spacial score (nSPS) is 16.1. The van der Waals surface area contributed by atoms with E-state index in [2.05, 4.69) is 34.1 Å². The fourth-order valence-corrected chi connectivity index (χ4v) is 3.26. The Hall–Kier alpha value is -1.01. The molecule has 1 heterocycles. The molecule has 27 heavy (non-hydrogen) atoms. The van der Waals surface area contributed by atoms with E-state index < -0.39 is 6.10 Å². The molecule has 1 unspecified atom stereocenters. The molecule has 3 rings (SSSR count). The summed E-state index contributed by atoms with van der Waals surface area (Å²) in [5, 5.41) is 10.8. The first kappa shape index (κ1) is 24.0. The number of hydrogen-bond acceptors (Lipinski definition) is 4. The molecule has 0 radical (unpaired) electrons. The Labute approximate surface area is 178 Å². The second-order valence-electron chi connectivity index (χ2n) is 6.46. The van der Waals surface area contributed by atoms with E-state index in [1.807, 2.05) is 24.3 Å². The topological polar surface area (TPSA) is 35.9 Å². The van der Waals surface area contributed by atoms with Gasteiger partial charge in [0.1, 0.15) is 18.5 Å². The van der Waals surface area contributed by atoms with Crippen LogP contribution >= 0.6 is 36.4 Å². The van der Waals surface area contributed by atoms with Crippen molar-refractivity contribution in [3.05, 3.63) is 65.2 Å². The number of hydrogen-bond donors (Lipinski definition) is 1. The van der Waals surface area contributed by atoms with E-state index in [9.17, 15) is 5.11 Å². The van der Waals surface area contributed by atoms with Crippen LogP contribution in [0.3, 0.4) is 0 Å². The van der Waals surface area contributed by atoms with E-state index in [0.29, 0.717) is 17.3 Å². The number of aliphatic hydroxyl groups is 1. The number of β-amino-alcohol motifs (C(OH)–C–C–N with tert-alkyl or cyclic N) is 1. The van der Waals surface area contributed by atoms with Crippen LogP contribution in [0, 0.1) is 0 Å². The zero-order valence-corrected chi connectivity index (χ0v) is 17.6. The van der Waals surface area contributed by atoms with Crippen LogP contribution in [-0.2, 0) is 6.54 Å². The summed E-state index contributed by atoms with van der Waals surface area (Å²) < 4.78 is 5.62. The molecule has 0 spiro atoms. The molecule has 0 aliphatic carbocycles.